The lowest BCUT2D eigenvalue weighted by Gasteiger charge is -2.23. The minimum Gasteiger partial charge on any atom is -0.444 e. The van der Waals surface area contributed by atoms with Gasteiger partial charge in [-0.3, -0.25) is 4.99 Å². The van der Waals surface area contributed by atoms with Crippen LogP contribution in [0.15, 0.2) is 34.2 Å². The number of alkyl carbamates (subject to hydrolysis) is 1. The van der Waals surface area contributed by atoms with E-state index in [9.17, 15) is 13.2 Å². The van der Waals surface area contributed by atoms with Crippen LogP contribution in [0.3, 0.4) is 0 Å². The highest BCUT2D eigenvalue weighted by atomic mass is 127. The molecule has 1 saturated heterocycles. The summed E-state index contributed by atoms with van der Waals surface area (Å²) in [5, 5.41) is 6.18. The van der Waals surface area contributed by atoms with Gasteiger partial charge in [0.15, 0.2) is 15.8 Å². The van der Waals surface area contributed by atoms with Gasteiger partial charge in [0.25, 0.3) is 0 Å². The maximum absolute atomic E-state index is 11.9. The number of ether oxygens (including phenoxy) is 1. The number of nitrogens with one attached hydrogen (secondary N) is 2. The van der Waals surface area contributed by atoms with Crippen LogP contribution >= 0.6 is 24.0 Å². The molecule has 8 nitrogen and oxygen atoms in total. The standard InChI is InChI=1S/C19H30N4O4S.HI/c1-19(2,3)27-18(24)22-15-10-11-23(13-15)17(20-4)21-12-14-6-8-16(9-7-14)28(5,25)26;/h6-9,15H,10-13H2,1-5H3,(H,20,21)(H,22,24);1H. The van der Waals surface area contributed by atoms with Crippen LogP contribution in [0.2, 0.25) is 0 Å². The van der Waals surface area contributed by atoms with E-state index in [1.54, 1.807) is 31.3 Å². The number of likely N-dealkylation sites (tertiary alicyclic amines) is 1. The largest absolute Gasteiger partial charge is 0.444 e. The summed E-state index contributed by atoms with van der Waals surface area (Å²) >= 11 is 0. The molecule has 1 atom stereocenters. The van der Waals surface area contributed by atoms with Crippen LogP contribution in [0.4, 0.5) is 4.79 Å². The smallest absolute Gasteiger partial charge is 0.407 e. The molecule has 1 unspecified atom stereocenters. The fourth-order valence-corrected chi connectivity index (χ4v) is 3.54. The van der Waals surface area contributed by atoms with Crippen molar-refractivity contribution in [3.63, 3.8) is 0 Å². The zero-order valence-corrected chi connectivity index (χ0v) is 20.7. The minimum atomic E-state index is -3.19. The van der Waals surface area contributed by atoms with E-state index in [-0.39, 0.29) is 30.0 Å². The molecule has 0 aliphatic carbocycles. The Labute approximate surface area is 190 Å². The van der Waals surface area contributed by atoms with Crippen molar-refractivity contribution in [3.8, 4) is 0 Å². The van der Waals surface area contributed by atoms with Crippen molar-refractivity contribution in [3.05, 3.63) is 29.8 Å². The van der Waals surface area contributed by atoms with Gasteiger partial charge in [-0.25, -0.2) is 13.2 Å². The maximum Gasteiger partial charge on any atom is 0.407 e. The molecule has 0 radical (unpaired) electrons. The number of aliphatic imine (C=N–C) groups is 1. The number of halogens is 1. The first-order valence-corrected chi connectivity index (χ1v) is 11.1. The van der Waals surface area contributed by atoms with Crippen molar-refractivity contribution < 1.29 is 17.9 Å². The van der Waals surface area contributed by atoms with Crippen LogP contribution in [-0.2, 0) is 21.1 Å². The summed E-state index contributed by atoms with van der Waals surface area (Å²) in [7, 11) is -1.48. The minimum absolute atomic E-state index is 0. The molecule has 1 aromatic rings. The first-order chi connectivity index (χ1) is 13.0. The molecule has 1 amide bonds. The second-order valence-electron chi connectivity index (χ2n) is 7.89. The lowest BCUT2D eigenvalue weighted by molar-refractivity contribution is 0.0507. The van der Waals surface area contributed by atoms with E-state index in [1.807, 2.05) is 20.8 Å². The Kier molecular flexibility index (Phi) is 9.19. The van der Waals surface area contributed by atoms with Crippen molar-refractivity contribution in [1.29, 1.82) is 0 Å². The Bertz CT molecular complexity index is 820. The molecule has 0 spiro atoms. The molecule has 1 aliphatic heterocycles. The van der Waals surface area contributed by atoms with Crippen LogP contribution in [0.25, 0.3) is 0 Å². The summed E-state index contributed by atoms with van der Waals surface area (Å²) in [6, 6.07) is 6.78. The number of carbonyl (C=O) groups is 1. The fourth-order valence-electron chi connectivity index (χ4n) is 2.91. The van der Waals surface area contributed by atoms with Crippen LogP contribution in [0.1, 0.15) is 32.8 Å². The third-order valence-corrected chi connectivity index (χ3v) is 5.35. The van der Waals surface area contributed by atoms with E-state index in [0.717, 1.165) is 24.5 Å². The lowest BCUT2D eigenvalue weighted by atomic mass is 10.2. The van der Waals surface area contributed by atoms with E-state index in [0.29, 0.717) is 18.0 Å². The predicted octanol–water partition coefficient (Wildman–Crippen LogP) is 2.38. The summed E-state index contributed by atoms with van der Waals surface area (Å²) in [6.07, 6.45) is 1.59. The number of amides is 1. The molecule has 1 heterocycles. The van der Waals surface area contributed by atoms with Gasteiger partial charge in [0.1, 0.15) is 5.60 Å². The number of hydrogen-bond acceptors (Lipinski definition) is 5. The molecule has 0 saturated carbocycles. The summed E-state index contributed by atoms with van der Waals surface area (Å²) in [6.45, 7) is 7.45. The number of guanidine groups is 1. The molecule has 0 bridgehead atoms. The second-order valence-corrected chi connectivity index (χ2v) is 9.91. The lowest BCUT2D eigenvalue weighted by Crippen LogP contribution is -2.44. The average Bonchev–Trinajstić information content (AvgIpc) is 3.01. The SMILES string of the molecule is CN=C(NCc1ccc(S(C)(=O)=O)cc1)N1CCC(NC(=O)OC(C)(C)C)C1.I. The van der Waals surface area contributed by atoms with Crippen molar-refractivity contribution >= 4 is 45.9 Å². The first kappa shape index (κ1) is 25.5. The summed E-state index contributed by atoms with van der Waals surface area (Å²) < 4.78 is 28.4. The number of hydrogen-bond donors (Lipinski definition) is 2. The van der Waals surface area contributed by atoms with E-state index in [2.05, 4.69) is 20.5 Å². The maximum atomic E-state index is 11.9. The van der Waals surface area contributed by atoms with E-state index >= 15 is 0 Å². The Hall–Kier alpha value is -1.56. The Morgan fingerprint density at radius 2 is 1.90 bits per heavy atom. The molecule has 1 aliphatic rings. The molecular weight excluding hydrogens is 507 g/mol. The predicted molar refractivity (Wildman–Crippen MR) is 125 cm³/mol. The Balaban J connectivity index is 0.00000420. The number of benzene rings is 1. The first-order valence-electron chi connectivity index (χ1n) is 9.22. The molecule has 29 heavy (non-hydrogen) atoms. The van der Waals surface area contributed by atoms with Crippen molar-refractivity contribution in [2.75, 3.05) is 26.4 Å². The van der Waals surface area contributed by atoms with Crippen molar-refractivity contribution in [2.45, 2.75) is 50.3 Å². The topological polar surface area (TPSA) is 100 Å². The van der Waals surface area contributed by atoms with Gasteiger partial charge in [-0.1, -0.05) is 12.1 Å². The van der Waals surface area contributed by atoms with E-state index in [1.165, 1.54) is 6.26 Å². The molecule has 0 aromatic heterocycles. The second kappa shape index (κ2) is 10.5. The van der Waals surface area contributed by atoms with Crippen LogP contribution < -0.4 is 10.6 Å². The molecule has 2 rings (SSSR count). The zero-order valence-electron chi connectivity index (χ0n) is 17.6. The highest BCUT2D eigenvalue weighted by Crippen LogP contribution is 2.13. The van der Waals surface area contributed by atoms with Gasteiger partial charge >= 0.3 is 6.09 Å². The highest BCUT2D eigenvalue weighted by molar-refractivity contribution is 14.0. The van der Waals surface area contributed by atoms with E-state index < -0.39 is 21.5 Å². The van der Waals surface area contributed by atoms with Crippen LogP contribution in [0.5, 0.6) is 0 Å². The Morgan fingerprint density at radius 3 is 2.41 bits per heavy atom. The van der Waals surface area contributed by atoms with Gasteiger partial charge in [0.2, 0.25) is 0 Å². The number of rotatable bonds is 4. The fraction of sp³-hybridized carbons (Fsp3) is 0.579. The molecule has 2 N–H and O–H groups in total. The number of carbonyl (C=O) groups excluding carboxylic acids is 1. The quantitative estimate of drug-likeness (QED) is 0.347. The van der Waals surface area contributed by atoms with Gasteiger partial charge in [-0.2, -0.15) is 0 Å². The van der Waals surface area contributed by atoms with Gasteiger partial charge in [-0.15, -0.1) is 24.0 Å². The van der Waals surface area contributed by atoms with E-state index in [4.69, 9.17) is 4.74 Å². The zero-order chi connectivity index (χ0) is 20.9. The van der Waals surface area contributed by atoms with Gasteiger partial charge in [-0.05, 0) is 44.9 Å². The molecule has 1 fully saturated rings. The molecule has 164 valence electrons. The van der Waals surface area contributed by atoms with Crippen LogP contribution in [0, 0.1) is 0 Å². The Morgan fingerprint density at radius 1 is 1.28 bits per heavy atom. The molecule has 10 heteroatoms. The molecule has 1 aromatic carbocycles. The third-order valence-electron chi connectivity index (χ3n) is 4.22. The van der Waals surface area contributed by atoms with Gasteiger partial charge in [0, 0.05) is 32.9 Å². The third kappa shape index (κ3) is 8.37. The number of sulfone groups is 1. The average molecular weight is 538 g/mol. The number of nitrogens with zero attached hydrogens (tertiary/aromatic N) is 2. The van der Waals surface area contributed by atoms with Crippen LogP contribution in [-0.4, -0.2) is 63.4 Å². The molecular formula is C19H31IN4O4S. The normalized spacial score (nSPS) is 17.5. The van der Waals surface area contributed by atoms with Crippen molar-refractivity contribution in [1.82, 2.24) is 15.5 Å². The summed E-state index contributed by atoms with van der Waals surface area (Å²) in [5.41, 5.74) is 0.434. The van der Waals surface area contributed by atoms with Gasteiger partial charge < -0.3 is 20.3 Å². The summed E-state index contributed by atoms with van der Waals surface area (Å²) in [5.74, 6) is 0.737. The van der Waals surface area contributed by atoms with Crippen molar-refractivity contribution in [2.24, 2.45) is 4.99 Å². The highest BCUT2D eigenvalue weighted by Gasteiger charge is 2.27. The van der Waals surface area contributed by atoms with Gasteiger partial charge in [0.05, 0.1) is 10.9 Å². The monoisotopic (exact) mass is 538 g/mol. The summed E-state index contributed by atoms with van der Waals surface area (Å²) in [4.78, 5) is 18.6.